The molecule has 0 spiro atoms. The average molecular weight is 385 g/mol. The molecule has 144 valence electrons. The van der Waals surface area contributed by atoms with Crippen LogP contribution in [0.25, 0.3) is 16.9 Å². The molecule has 0 saturated heterocycles. The summed E-state index contributed by atoms with van der Waals surface area (Å²) in [7, 11) is 0. The van der Waals surface area contributed by atoms with Gasteiger partial charge in [0.25, 0.3) is 5.91 Å². The van der Waals surface area contributed by atoms with E-state index in [1.54, 1.807) is 17.1 Å². The minimum absolute atomic E-state index is 0.0497. The lowest BCUT2D eigenvalue weighted by atomic mass is 10.1. The highest BCUT2D eigenvalue weighted by molar-refractivity contribution is 5.96. The van der Waals surface area contributed by atoms with Crippen molar-refractivity contribution < 1.29 is 4.79 Å². The third kappa shape index (κ3) is 3.40. The summed E-state index contributed by atoms with van der Waals surface area (Å²) >= 11 is 0. The van der Waals surface area contributed by atoms with Crippen molar-refractivity contribution in [2.24, 2.45) is 0 Å². The zero-order valence-corrected chi connectivity index (χ0v) is 15.8. The van der Waals surface area contributed by atoms with Gasteiger partial charge in [0.05, 0.1) is 11.6 Å². The van der Waals surface area contributed by atoms with Crippen LogP contribution in [0.15, 0.2) is 55.1 Å². The highest BCUT2D eigenvalue weighted by Crippen LogP contribution is 2.27. The number of anilines is 2. The molecule has 4 aromatic rings. The standard InChI is InChI=1S/C21H19N7O/c1-13-5-6-14(21(29)26-15-7-8-15)10-17(13)27-19-16-11-25-28(20(16)24-12-23-19)18-4-2-3-9-22-18/h2-6,9-12,15H,7-8H2,1H3,(H,26,29)(H,23,24,27). The van der Waals surface area contributed by atoms with Gasteiger partial charge in [-0.2, -0.15) is 9.78 Å². The van der Waals surface area contributed by atoms with Crippen LogP contribution in [-0.2, 0) is 0 Å². The number of hydrogen-bond acceptors (Lipinski definition) is 6. The summed E-state index contributed by atoms with van der Waals surface area (Å²) in [5.41, 5.74) is 3.11. The Hall–Kier alpha value is -3.81. The van der Waals surface area contributed by atoms with Crippen molar-refractivity contribution in [2.75, 3.05) is 5.32 Å². The van der Waals surface area contributed by atoms with Gasteiger partial charge < -0.3 is 10.6 Å². The van der Waals surface area contributed by atoms with Crippen LogP contribution in [0.3, 0.4) is 0 Å². The molecule has 0 radical (unpaired) electrons. The van der Waals surface area contributed by atoms with Crippen molar-refractivity contribution in [3.8, 4) is 5.82 Å². The third-order valence-electron chi connectivity index (χ3n) is 4.90. The van der Waals surface area contributed by atoms with E-state index in [0.717, 1.165) is 29.5 Å². The molecule has 0 bridgehead atoms. The Labute approximate surface area is 167 Å². The number of amides is 1. The predicted molar refractivity (Wildman–Crippen MR) is 109 cm³/mol. The fraction of sp³-hybridized carbons (Fsp3) is 0.190. The average Bonchev–Trinajstić information content (AvgIpc) is 3.45. The molecule has 1 aromatic carbocycles. The van der Waals surface area contributed by atoms with E-state index in [0.29, 0.717) is 28.9 Å². The SMILES string of the molecule is Cc1ccc(C(=O)NC2CC2)cc1Nc1ncnc2c1cnn2-c1ccccn1. The molecule has 0 atom stereocenters. The number of fused-ring (bicyclic) bond motifs is 1. The molecule has 8 heteroatoms. The Morgan fingerprint density at radius 1 is 1.14 bits per heavy atom. The van der Waals surface area contributed by atoms with Gasteiger partial charge in [-0.15, -0.1) is 0 Å². The van der Waals surface area contributed by atoms with Crippen LogP contribution in [0.2, 0.25) is 0 Å². The van der Waals surface area contributed by atoms with Crippen LogP contribution in [0.5, 0.6) is 0 Å². The third-order valence-corrected chi connectivity index (χ3v) is 4.90. The van der Waals surface area contributed by atoms with Gasteiger partial charge in [0, 0.05) is 23.5 Å². The van der Waals surface area contributed by atoms with Crippen molar-refractivity contribution in [1.82, 2.24) is 30.0 Å². The maximum Gasteiger partial charge on any atom is 0.251 e. The summed E-state index contributed by atoms with van der Waals surface area (Å²) in [5, 5.41) is 11.6. The monoisotopic (exact) mass is 385 g/mol. The first kappa shape index (κ1) is 17.3. The summed E-state index contributed by atoms with van der Waals surface area (Å²) in [5.74, 6) is 1.26. The summed E-state index contributed by atoms with van der Waals surface area (Å²) in [6.07, 6.45) is 7.03. The van der Waals surface area contributed by atoms with Gasteiger partial charge in [-0.3, -0.25) is 4.79 Å². The van der Waals surface area contributed by atoms with Crippen molar-refractivity contribution in [3.05, 3.63) is 66.2 Å². The maximum absolute atomic E-state index is 12.4. The number of pyridine rings is 1. The molecule has 3 aromatic heterocycles. The highest BCUT2D eigenvalue weighted by atomic mass is 16.1. The van der Waals surface area contributed by atoms with E-state index in [2.05, 4.69) is 30.7 Å². The van der Waals surface area contributed by atoms with E-state index >= 15 is 0 Å². The molecule has 1 aliphatic carbocycles. The minimum Gasteiger partial charge on any atom is -0.349 e. The molecule has 0 unspecified atom stereocenters. The Bertz CT molecular complexity index is 1200. The van der Waals surface area contributed by atoms with Crippen molar-refractivity contribution in [3.63, 3.8) is 0 Å². The van der Waals surface area contributed by atoms with Crippen LogP contribution in [0.4, 0.5) is 11.5 Å². The summed E-state index contributed by atoms with van der Waals surface area (Å²) in [4.78, 5) is 25.5. The van der Waals surface area contributed by atoms with Crippen LogP contribution in [0.1, 0.15) is 28.8 Å². The Kier molecular flexibility index (Phi) is 4.16. The lowest BCUT2D eigenvalue weighted by Gasteiger charge is -2.12. The number of benzene rings is 1. The quantitative estimate of drug-likeness (QED) is 0.548. The largest absolute Gasteiger partial charge is 0.349 e. The number of aromatic nitrogens is 5. The molecule has 5 rings (SSSR count). The van der Waals surface area contributed by atoms with Gasteiger partial charge in [-0.05, 0) is 49.6 Å². The first-order chi connectivity index (χ1) is 14.2. The molecule has 8 nitrogen and oxygen atoms in total. The number of aryl methyl sites for hydroxylation is 1. The molecule has 0 aliphatic heterocycles. The van der Waals surface area contributed by atoms with E-state index in [4.69, 9.17) is 0 Å². The second kappa shape index (κ2) is 6.97. The molecule has 1 fully saturated rings. The predicted octanol–water partition coefficient (Wildman–Crippen LogP) is 3.15. The van der Waals surface area contributed by atoms with Crippen molar-refractivity contribution in [2.45, 2.75) is 25.8 Å². The molecule has 1 amide bonds. The van der Waals surface area contributed by atoms with Gasteiger partial charge in [0.1, 0.15) is 12.1 Å². The van der Waals surface area contributed by atoms with Gasteiger partial charge in [0.2, 0.25) is 0 Å². The van der Waals surface area contributed by atoms with Gasteiger partial charge in [0.15, 0.2) is 11.5 Å². The Morgan fingerprint density at radius 3 is 2.83 bits per heavy atom. The van der Waals surface area contributed by atoms with Crippen LogP contribution in [0, 0.1) is 6.92 Å². The van der Waals surface area contributed by atoms with E-state index in [-0.39, 0.29) is 5.91 Å². The zero-order valence-electron chi connectivity index (χ0n) is 15.8. The van der Waals surface area contributed by atoms with E-state index in [1.165, 1.54) is 6.33 Å². The lowest BCUT2D eigenvalue weighted by Crippen LogP contribution is -2.25. The molecule has 2 N–H and O–H groups in total. The van der Waals surface area contributed by atoms with Crippen LogP contribution < -0.4 is 10.6 Å². The topological polar surface area (TPSA) is 97.6 Å². The Morgan fingerprint density at radius 2 is 2.03 bits per heavy atom. The van der Waals surface area contributed by atoms with Crippen LogP contribution >= 0.6 is 0 Å². The van der Waals surface area contributed by atoms with E-state index in [1.807, 2.05) is 43.3 Å². The van der Waals surface area contributed by atoms with E-state index in [9.17, 15) is 4.79 Å². The van der Waals surface area contributed by atoms with Gasteiger partial charge in [-0.25, -0.2) is 15.0 Å². The molecule has 3 heterocycles. The first-order valence-corrected chi connectivity index (χ1v) is 9.48. The van der Waals surface area contributed by atoms with Gasteiger partial charge >= 0.3 is 0 Å². The second-order valence-corrected chi connectivity index (χ2v) is 7.11. The number of carbonyl (C=O) groups is 1. The molecule has 29 heavy (non-hydrogen) atoms. The lowest BCUT2D eigenvalue weighted by molar-refractivity contribution is 0.0951. The van der Waals surface area contributed by atoms with Crippen molar-refractivity contribution in [1.29, 1.82) is 0 Å². The molecule has 1 aliphatic rings. The number of rotatable bonds is 5. The minimum atomic E-state index is -0.0497. The van der Waals surface area contributed by atoms with E-state index < -0.39 is 0 Å². The summed E-state index contributed by atoms with van der Waals surface area (Å²) in [6.45, 7) is 1.99. The number of nitrogens with zero attached hydrogens (tertiary/aromatic N) is 5. The normalized spacial score (nSPS) is 13.4. The summed E-state index contributed by atoms with van der Waals surface area (Å²) in [6, 6.07) is 11.6. The van der Waals surface area contributed by atoms with Crippen molar-refractivity contribution >= 4 is 28.4 Å². The van der Waals surface area contributed by atoms with Crippen LogP contribution in [-0.4, -0.2) is 36.7 Å². The first-order valence-electron chi connectivity index (χ1n) is 9.48. The number of carbonyl (C=O) groups excluding carboxylic acids is 1. The Balaban J connectivity index is 1.49. The fourth-order valence-corrected chi connectivity index (χ4v) is 3.11. The smallest absolute Gasteiger partial charge is 0.251 e. The summed E-state index contributed by atoms with van der Waals surface area (Å²) < 4.78 is 1.68. The zero-order chi connectivity index (χ0) is 19.8. The molecular formula is C21H19N7O. The molecule has 1 saturated carbocycles. The molecular weight excluding hydrogens is 366 g/mol. The number of nitrogens with one attached hydrogen (secondary N) is 2. The maximum atomic E-state index is 12.4. The van der Waals surface area contributed by atoms with Gasteiger partial charge in [-0.1, -0.05) is 12.1 Å². The second-order valence-electron chi connectivity index (χ2n) is 7.11. The highest BCUT2D eigenvalue weighted by Gasteiger charge is 2.24. The number of hydrogen-bond donors (Lipinski definition) is 2. The fourth-order valence-electron chi connectivity index (χ4n) is 3.11.